The largest absolute Gasteiger partial charge is 0.478 e. The van der Waals surface area contributed by atoms with Crippen LogP contribution in [0.1, 0.15) is 15.9 Å². The Hall–Kier alpha value is -2.56. The highest BCUT2D eigenvalue weighted by Gasteiger charge is 2.13. The third kappa shape index (κ3) is 3.26. The molecule has 1 aromatic carbocycles. The number of carboxylic acid groups (broad SMARTS) is 1. The monoisotopic (exact) mass is 271 g/mol. The number of nitrogens with two attached hydrogens (primary N) is 1. The zero-order chi connectivity index (χ0) is 14.5. The second-order valence-electron chi connectivity index (χ2n) is 4.61. The number of nitrogen functional groups attached to an aromatic ring is 1. The summed E-state index contributed by atoms with van der Waals surface area (Å²) in [6.07, 6.45) is 4.35. The van der Waals surface area contributed by atoms with Crippen molar-refractivity contribution in [3.8, 4) is 0 Å². The second-order valence-corrected chi connectivity index (χ2v) is 4.61. The normalized spacial score (nSPS) is 10.2. The molecule has 5 heteroatoms. The SMILES string of the molecule is CN(CCc1cccnc1)c1ccc(N)cc1C(=O)O. The molecule has 0 unspecified atom stereocenters. The van der Waals surface area contributed by atoms with Gasteiger partial charge in [-0.1, -0.05) is 6.07 Å². The van der Waals surface area contributed by atoms with Gasteiger partial charge in [0.1, 0.15) is 0 Å². The van der Waals surface area contributed by atoms with Crippen molar-refractivity contribution in [2.24, 2.45) is 0 Å². The number of rotatable bonds is 5. The van der Waals surface area contributed by atoms with Crippen LogP contribution in [0.3, 0.4) is 0 Å². The Morgan fingerprint density at radius 1 is 1.40 bits per heavy atom. The van der Waals surface area contributed by atoms with E-state index in [4.69, 9.17) is 5.73 Å². The lowest BCUT2D eigenvalue weighted by Gasteiger charge is -2.21. The van der Waals surface area contributed by atoms with Crippen LogP contribution in [0, 0.1) is 0 Å². The van der Waals surface area contributed by atoms with E-state index in [-0.39, 0.29) is 5.56 Å². The summed E-state index contributed by atoms with van der Waals surface area (Å²) in [6.45, 7) is 0.704. The Balaban J connectivity index is 2.13. The number of nitrogens with zero attached hydrogens (tertiary/aromatic N) is 2. The van der Waals surface area contributed by atoms with Crippen LogP contribution < -0.4 is 10.6 Å². The van der Waals surface area contributed by atoms with Gasteiger partial charge < -0.3 is 15.7 Å². The van der Waals surface area contributed by atoms with E-state index in [1.165, 1.54) is 6.07 Å². The van der Waals surface area contributed by atoms with E-state index >= 15 is 0 Å². The molecule has 1 aromatic heterocycles. The summed E-state index contributed by atoms with van der Waals surface area (Å²) in [5, 5.41) is 9.23. The minimum absolute atomic E-state index is 0.221. The average Bonchev–Trinajstić information content (AvgIpc) is 2.45. The van der Waals surface area contributed by atoms with Crippen LogP contribution in [0.4, 0.5) is 11.4 Å². The highest BCUT2D eigenvalue weighted by Crippen LogP contribution is 2.22. The van der Waals surface area contributed by atoms with Crippen molar-refractivity contribution in [2.75, 3.05) is 24.2 Å². The molecule has 0 aliphatic rings. The molecule has 5 nitrogen and oxygen atoms in total. The average molecular weight is 271 g/mol. The van der Waals surface area contributed by atoms with Crippen molar-refractivity contribution in [1.29, 1.82) is 0 Å². The summed E-state index contributed by atoms with van der Waals surface area (Å²) >= 11 is 0. The lowest BCUT2D eigenvalue weighted by Crippen LogP contribution is -2.22. The fraction of sp³-hybridized carbons (Fsp3) is 0.200. The molecule has 0 saturated carbocycles. The Kier molecular flexibility index (Phi) is 4.20. The first-order valence-electron chi connectivity index (χ1n) is 6.31. The first kappa shape index (κ1) is 13.9. The summed E-state index contributed by atoms with van der Waals surface area (Å²) in [6, 6.07) is 8.83. The van der Waals surface area contributed by atoms with E-state index in [2.05, 4.69) is 4.98 Å². The second kappa shape index (κ2) is 6.06. The van der Waals surface area contributed by atoms with Crippen molar-refractivity contribution in [2.45, 2.75) is 6.42 Å². The van der Waals surface area contributed by atoms with Gasteiger partial charge in [0.15, 0.2) is 0 Å². The highest BCUT2D eigenvalue weighted by molar-refractivity contribution is 5.95. The fourth-order valence-corrected chi connectivity index (χ4v) is 2.02. The van der Waals surface area contributed by atoms with E-state index in [0.717, 1.165) is 12.0 Å². The van der Waals surface area contributed by atoms with Crippen molar-refractivity contribution in [3.05, 3.63) is 53.9 Å². The molecule has 0 amide bonds. The molecule has 0 fully saturated rings. The van der Waals surface area contributed by atoms with E-state index < -0.39 is 5.97 Å². The summed E-state index contributed by atoms with van der Waals surface area (Å²) in [5.41, 5.74) is 8.09. The van der Waals surface area contributed by atoms with Gasteiger partial charge in [0.25, 0.3) is 0 Å². The van der Waals surface area contributed by atoms with Gasteiger partial charge in [-0.3, -0.25) is 4.98 Å². The molecule has 104 valence electrons. The Morgan fingerprint density at radius 3 is 2.85 bits per heavy atom. The van der Waals surface area contributed by atoms with E-state index in [0.29, 0.717) is 17.9 Å². The highest BCUT2D eigenvalue weighted by atomic mass is 16.4. The number of likely N-dealkylation sites (N-methyl/N-ethyl adjacent to an activating group) is 1. The third-order valence-corrected chi connectivity index (χ3v) is 3.12. The predicted molar refractivity (Wildman–Crippen MR) is 79.0 cm³/mol. The molecule has 0 bridgehead atoms. The zero-order valence-electron chi connectivity index (χ0n) is 11.3. The summed E-state index contributed by atoms with van der Waals surface area (Å²) in [4.78, 5) is 17.2. The molecule has 2 aromatic rings. The smallest absolute Gasteiger partial charge is 0.337 e. The Morgan fingerprint density at radius 2 is 2.20 bits per heavy atom. The first-order valence-corrected chi connectivity index (χ1v) is 6.31. The van der Waals surface area contributed by atoms with Gasteiger partial charge in [-0.25, -0.2) is 4.79 Å². The third-order valence-electron chi connectivity index (χ3n) is 3.12. The van der Waals surface area contributed by atoms with Gasteiger partial charge in [0, 0.05) is 31.7 Å². The summed E-state index contributed by atoms with van der Waals surface area (Å²) in [5.74, 6) is -0.972. The molecule has 20 heavy (non-hydrogen) atoms. The van der Waals surface area contributed by atoms with Crippen LogP contribution in [-0.4, -0.2) is 29.7 Å². The molecule has 0 radical (unpaired) electrons. The Bertz CT molecular complexity index is 599. The summed E-state index contributed by atoms with van der Waals surface area (Å²) < 4.78 is 0. The number of aromatic nitrogens is 1. The minimum Gasteiger partial charge on any atom is -0.478 e. The van der Waals surface area contributed by atoms with Crippen LogP contribution in [0.5, 0.6) is 0 Å². The van der Waals surface area contributed by atoms with Gasteiger partial charge in [0.2, 0.25) is 0 Å². The molecule has 0 aliphatic heterocycles. The van der Waals surface area contributed by atoms with Crippen molar-refractivity contribution >= 4 is 17.3 Å². The maximum Gasteiger partial charge on any atom is 0.337 e. The maximum absolute atomic E-state index is 11.3. The number of hydrogen-bond acceptors (Lipinski definition) is 4. The molecule has 1 heterocycles. The van der Waals surface area contributed by atoms with Crippen molar-refractivity contribution in [1.82, 2.24) is 4.98 Å². The van der Waals surface area contributed by atoms with E-state index in [1.54, 1.807) is 18.3 Å². The molecular weight excluding hydrogens is 254 g/mol. The maximum atomic E-state index is 11.3. The summed E-state index contributed by atoms with van der Waals surface area (Å²) in [7, 11) is 1.87. The van der Waals surface area contributed by atoms with Crippen LogP contribution >= 0.6 is 0 Å². The number of aromatic carboxylic acids is 1. The van der Waals surface area contributed by atoms with E-state index in [9.17, 15) is 9.90 Å². The van der Waals surface area contributed by atoms with Crippen LogP contribution in [-0.2, 0) is 6.42 Å². The predicted octanol–water partition coefficient (Wildman–Crippen LogP) is 2.04. The van der Waals surface area contributed by atoms with Gasteiger partial charge in [-0.15, -0.1) is 0 Å². The topological polar surface area (TPSA) is 79.5 Å². The minimum atomic E-state index is -0.972. The molecule has 0 aliphatic carbocycles. The zero-order valence-corrected chi connectivity index (χ0v) is 11.3. The van der Waals surface area contributed by atoms with Crippen molar-refractivity contribution in [3.63, 3.8) is 0 Å². The van der Waals surface area contributed by atoms with Gasteiger partial charge in [-0.2, -0.15) is 0 Å². The lowest BCUT2D eigenvalue weighted by molar-refractivity contribution is 0.0697. The quantitative estimate of drug-likeness (QED) is 0.813. The number of anilines is 2. The molecule has 2 rings (SSSR count). The van der Waals surface area contributed by atoms with Crippen LogP contribution in [0.25, 0.3) is 0 Å². The fourth-order valence-electron chi connectivity index (χ4n) is 2.02. The van der Waals surface area contributed by atoms with Crippen LogP contribution in [0.15, 0.2) is 42.7 Å². The lowest BCUT2D eigenvalue weighted by atomic mass is 10.1. The molecule has 0 saturated heterocycles. The number of hydrogen-bond donors (Lipinski definition) is 2. The number of carbonyl (C=O) groups is 1. The number of carboxylic acids is 1. The van der Waals surface area contributed by atoms with E-state index in [1.807, 2.05) is 30.3 Å². The van der Waals surface area contributed by atoms with Gasteiger partial charge >= 0.3 is 5.97 Å². The Labute approximate surface area is 117 Å². The van der Waals surface area contributed by atoms with Crippen LogP contribution in [0.2, 0.25) is 0 Å². The first-order chi connectivity index (χ1) is 9.58. The molecule has 3 N–H and O–H groups in total. The van der Waals surface area contributed by atoms with Gasteiger partial charge in [0.05, 0.1) is 11.3 Å². The van der Waals surface area contributed by atoms with Gasteiger partial charge in [-0.05, 0) is 36.2 Å². The number of benzene rings is 1. The molecule has 0 spiro atoms. The van der Waals surface area contributed by atoms with Crippen molar-refractivity contribution < 1.29 is 9.90 Å². The molecule has 0 atom stereocenters. The standard InChI is InChI=1S/C15H17N3O2/c1-18(8-6-11-3-2-7-17-10-11)14-5-4-12(16)9-13(14)15(19)20/h2-5,7,9-10H,6,8,16H2,1H3,(H,19,20). The number of pyridine rings is 1. The molecular formula is C15H17N3O2.